The Hall–Kier alpha value is -2.21. The Kier molecular flexibility index (Phi) is 7.06. The van der Waals surface area contributed by atoms with Crippen LogP contribution in [0.25, 0.3) is 11.0 Å². The molecule has 0 atom stereocenters. The summed E-state index contributed by atoms with van der Waals surface area (Å²) < 4.78 is 16.1. The van der Waals surface area contributed by atoms with Crippen LogP contribution in [0.3, 0.4) is 0 Å². The summed E-state index contributed by atoms with van der Waals surface area (Å²) in [7, 11) is 0. The zero-order valence-corrected chi connectivity index (χ0v) is 18.7. The number of aryl methyl sites for hydroxylation is 1. The first-order chi connectivity index (χ1) is 13.9. The van der Waals surface area contributed by atoms with Gasteiger partial charge in [-0.3, -0.25) is 4.79 Å². The van der Waals surface area contributed by atoms with Gasteiger partial charge in [-0.15, -0.1) is 0 Å². The largest absolute Gasteiger partial charge is 0.331 e. The van der Waals surface area contributed by atoms with Gasteiger partial charge in [-0.05, 0) is 65.0 Å². The molecule has 3 aromatic rings. The molecule has 0 saturated heterocycles. The Morgan fingerprint density at radius 1 is 1.24 bits per heavy atom. The number of imidazole rings is 1. The third-order valence-corrected chi connectivity index (χ3v) is 5.55. The van der Waals surface area contributed by atoms with E-state index in [-0.39, 0.29) is 11.7 Å². The molecule has 0 saturated carbocycles. The van der Waals surface area contributed by atoms with E-state index in [9.17, 15) is 9.18 Å². The Balaban J connectivity index is 1.95. The van der Waals surface area contributed by atoms with Crippen LogP contribution in [-0.4, -0.2) is 26.9 Å². The molecule has 0 unspecified atom stereocenters. The van der Waals surface area contributed by atoms with E-state index < -0.39 is 0 Å². The van der Waals surface area contributed by atoms with Crippen molar-refractivity contribution in [3.05, 3.63) is 64.1 Å². The topological polar surface area (TPSA) is 38.1 Å². The summed E-state index contributed by atoms with van der Waals surface area (Å²) in [6.45, 7) is 8.32. The molecule has 0 bridgehead atoms. The van der Waals surface area contributed by atoms with Gasteiger partial charge in [0, 0.05) is 18.7 Å². The third-order valence-electron chi connectivity index (χ3n) is 4.94. The van der Waals surface area contributed by atoms with Crippen molar-refractivity contribution < 1.29 is 9.18 Å². The molecule has 1 aromatic heterocycles. The molecule has 0 aliphatic carbocycles. The maximum Gasteiger partial charge on any atom is 0.254 e. The number of hydrogen-bond acceptors (Lipinski definition) is 2. The summed E-state index contributed by atoms with van der Waals surface area (Å²) >= 11 is 3.19. The van der Waals surface area contributed by atoms with E-state index in [0.717, 1.165) is 36.2 Å². The monoisotopic (exact) mass is 459 g/mol. The van der Waals surface area contributed by atoms with Crippen molar-refractivity contribution in [1.82, 2.24) is 14.5 Å². The van der Waals surface area contributed by atoms with Crippen LogP contribution >= 0.6 is 15.9 Å². The van der Waals surface area contributed by atoms with Gasteiger partial charge in [-0.25, -0.2) is 9.37 Å². The normalized spacial score (nSPS) is 11.4. The van der Waals surface area contributed by atoms with Gasteiger partial charge in [0.05, 0.1) is 22.1 Å². The molecule has 29 heavy (non-hydrogen) atoms. The minimum absolute atomic E-state index is 0.110. The molecule has 3 rings (SSSR count). The van der Waals surface area contributed by atoms with E-state index in [1.54, 1.807) is 12.1 Å². The van der Waals surface area contributed by atoms with Crippen LogP contribution in [0.15, 0.2) is 46.9 Å². The molecule has 4 nitrogen and oxygen atoms in total. The Morgan fingerprint density at radius 3 is 2.69 bits per heavy atom. The fourth-order valence-corrected chi connectivity index (χ4v) is 3.75. The maximum absolute atomic E-state index is 13.6. The molecule has 1 amide bonds. The minimum Gasteiger partial charge on any atom is -0.331 e. The standard InChI is InChI=1S/C23H27BrFN3O/c1-4-12-28-21-8-6-5-7-20(21)26-22(28)15-27(13-11-16(2)3)23(29)17-9-10-19(25)18(24)14-17/h5-10,14,16H,4,11-13,15H2,1-3H3. The highest BCUT2D eigenvalue weighted by Crippen LogP contribution is 2.22. The molecule has 1 heterocycles. The van der Waals surface area contributed by atoms with Crippen LogP contribution < -0.4 is 0 Å². The highest BCUT2D eigenvalue weighted by atomic mass is 79.9. The van der Waals surface area contributed by atoms with Crippen molar-refractivity contribution in [2.45, 2.75) is 46.7 Å². The zero-order valence-electron chi connectivity index (χ0n) is 17.2. The number of amides is 1. The lowest BCUT2D eigenvalue weighted by Gasteiger charge is -2.24. The van der Waals surface area contributed by atoms with E-state index in [0.29, 0.717) is 29.0 Å². The first-order valence-electron chi connectivity index (χ1n) is 10.1. The van der Waals surface area contributed by atoms with Crippen LogP contribution in [0, 0.1) is 11.7 Å². The smallest absolute Gasteiger partial charge is 0.254 e. The van der Waals surface area contributed by atoms with E-state index in [1.165, 1.54) is 6.07 Å². The Labute approximate surface area is 179 Å². The molecule has 0 radical (unpaired) electrons. The molecule has 0 spiro atoms. The van der Waals surface area contributed by atoms with Crippen LogP contribution in [0.1, 0.15) is 49.8 Å². The number of para-hydroxylation sites is 2. The first-order valence-corrected chi connectivity index (χ1v) is 10.9. The quantitative estimate of drug-likeness (QED) is 0.411. The van der Waals surface area contributed by atoms with Crippen molar-refractivity contribution >= 4 is 32.9 Å². The van der Waals surface area contributed by atoms with Crippen LogP contribution in [0.4, 0.5) is 4.39 Å². The Morgan fingerprint density at radius 2 is 2.00 bits per heavy atom. The van der Waals surface area contributed by atoms with Gasteiger partial charge < -0.3 is 9.47 Å². The van der Waals surface area contributed by atoms with Gasteiger partial charge in [-0.2, -0.15) is 0 Å². The number of fused-ring (bicyclic) bond motifs is 1. The molecule has 2 aromatic carbocycles. The molecule has 0 aliphatic rings. The number of rotatable bonds is 8. The average Bonchev–Trinajstić information content (AvgIpc) is 3.04. The summed E-state index contributed by atoms with van der Waals surface area (Å²) in [6, 6.07) is 12.5. The number of aromatic nitrogens is 2. The number of halogens is 2. The predicted octanol–water partition coefficient (Wildman–Crippen LogP) is 6.04. The SMILES string of the molecule is CCCn1c(CN(CCC(C)C)C(=O)c2ccc(F)c(Br)c2)nc2ccccc21. The molecule has 6 heteroatoms. The second-order valence-corrected chi connectivity index (χ2v) is 8.56. The lowest BCUT2D eigenvalue weighted by atomic mass is 10.1. The van der Waals surface area contributed by atoms with Crippen molar-refractivity contribution in [3.63, 3.8) is 0 Å². The second-order valence-electron chi connectivity index (χ2n) is 7.71. The number of benzene rings is 2. The van der Waals surface area contributed by atoms with Gasteiger partial charge in [0.15, 0.2) is 0 Å². The van der Waals surface area contributed by atoms with Gasteiger partial charge in [0.25, 0.3) is 5.91 Å². The van der Waals surface area contributed by atoms with Gasteiger partial charge in [0.1, 0.15) is 11.6 Å². The van der Waals surface area contributed by atoms with Crippen molar-refractivity contribution in [2.24, 2.45) is 5.92 Å². The Bertz CT molecular complexity index is 999. The second kappa shape index (κ2) is 9.53. The van der Waals surface area contributed by atoms with Crippen molar-refractivity contribution in [3.8, 4) is 0 Å². The minimum atomic E-state index is -0.375. The zero-order chi connectivity index (χ0) is 21.0. The predicted molar refractivity (Wildman–Crippen MR) is 118 cm³/mol. The fourth-order valence-electron chi connectivity index (χ4n) is 3.37. The summed E-state index contributed by atoms with van der Waals surface area (Å²) in [4.78, 5) is 19.9. The van der Waals surface area contributed by atoms with Gasteiger partial charge in [-0.1, -0.05) is 32.9 Å². The molecular weight excluding hydrogens is 433 g/mol. The van der Waals surface area contributed by atoms with Gasteiger partial charge in [0.2, 0.25) is 0 Å². The van der Waals surface area contributed by atoms with E-state index in [1.807, 2.05) is 23.1 Å². The fraction of sp³-hybridized carbons (Fsp3) is 0.391. The highest BCUT2D eigenvalue weighted by Gasteiger charge is 2.21. The maximum atomic E-state index is 13.6. The summed E-state index contributed by atoms with van der Waals surface area (Å²) in [6.07, 6.45) is 1.88. The van der Waals surface area contributed by atoms with Crippen molar-refractivity contribution in [1.29, 1.82) is 0 Å². The molecule has 0 N–H and O–H groups in total. The number of carbonyl (C=O) groups excluding carboxylic acids is 1. The van der Waals surface area contributed by atoms with E-state index in [4.69, 9.17) is 4.98 Å². The van der Waals surface area contributed by atoms with Crippen LogP contribution in [-0.2, 0) is 13.1 Å². The van der Waals surface area contributed by atoms with E-state index in [2.05, 4.69) is 47.3 Å². The van der Waals surface area contributed by atoms with E-state index >= 15 is 0 Å². The first kappa shape index (κ1) is 21.5. The van der Waals surface area contributed by atoms with Gasteiger partial charge >= 0.3 is 0 Å². The lowest BCUT2D eigenvalue weighted by molar-refractivity contribution is 0.0729. The molecular formula is C23H27BrFN3O. The average molecular weight is 460 g/mol. The molecule has 0 aliphatic heterocycles. The van der Waals surface area contributed by atoms with Crippen molar-refractivity contribution in [2.75, 3.05) is 6.54 Å². The number of hydrogen-bond donors (Lipinski definition) is 0. The lowest BCUT2D eigenvalue weighted by Crippen LogP contribution is -2.33. The summed E-state index contributed by atoms with van der Waals surface area (Å²) in [5.41, 5.74) is 2.50. The number of nitrogens with zero attached hydrogens (tertiary/aromatic N) is 3. The van der Waals surface area contributed by atoms with Crippen LogP contribution in [0.2, 0.25) is 0 Å². The molecule has 154 valence electrons. The molecule has 0 fully saturated rings. The third kappa shape index (κ3) is 5.04. The summed E-state index contributed by atoms with van der Waals surface area (Å²) in [5, 5.41) is 0. The van der Waals surface area contributed by atoms with Crippen LogP contribution in [0.5, 0.6) is 0 Å². The highest BCUT2D eigenvalue weighted by molar-refractivity contribution is 9.10. The number of carbonyl (C=O) groups is 1. The summed E-state index contributed by atoms with van der Waals surface area (Å²) in [5.74, 6) is 0.868.